The number of aromatic nitrogens is 1. The first-order valence-electron chi connectivity index (χ1n) is 7.26. The smallest absolute Gasteiger partial charge is 0.134 e. The zero-order valence-corrected chi connectivity index (χ0v) is 13.5. The first-order valence-corrected chi connectivity index (χ1v) is 8.05. The van der Waals surface area contributed by atoms with Crippen molar-refractivity contribution in [1.82, 2.24) is 4.98 Å². The number of fused-ring (bicyclic) bond motifs is 1. The molecule has 2 aromatic heterocycles. The van der Waals surface area contributed by atoms with Crippen molar-refractivity contribution in [2.75, 3.05) is 24.6 Å². The summed E-state index contributed by atoms with van der Waals surface area (Å²) in [6, 6.07) is 14.2. The van der Waals surface area contributed by atoms with Gasteiger partial charge in [-0.05, 0) is 42.5 Å². The van der Waals surface area contributed by atoms with E-state index in [-0.39, 0.29) is 6.10 Å². The summed E-state index contributed by atoms with van der Waals surface area (Å²) < 4.78 is 12.3. The highest BCUT2D eigenvalue weighted by Gasteiger charge is 2.24. The van der Waals surface area contributed by atoms with Gasteiger partial charge in [0, 0.05) is 16.4 Å². The van der Waals surface area contributed by atoms with Crippen LogP contribution in [0.3, 0.4) is 0 Å². The summed E-state index contributed by atoms with van der Waals surface area (Å²) in [7, 11) is 0. The third-order valence-corrected chi connectivity index (χ3v) is 4.38. The predicted molar refractivity (Wildman–Crippen MR) is 89.1 cm³/mol. The molecule has 1 aliphatic rings. The van der Waals surface area contributed by atoms with Crippen LogP contribution >= 0.6 is 15.9 Å². The van der Waals surface area contributed by atoms with Crippen molar-refractivity contribution in [3.8, 4) is 0 Å². The minimum absolute atomic E-state index is 0.0360. The van der Waals surface area contributed by atoms with Gasteiger partial charge >= 0.3 is 0 Å². The van der Waals surface area contributed by atoms with Gasteiger partial charge in [-0.15, -0.1) is 0 Å². The van der Waals surface area contributed by atoms with Crippen LogP contribution in [0.2, 0.25) is 0 Å². The van der Waals surface area contributed by atoms with E-state index in [1.165, 1.54) is 0 Å². The first kappa shape index (κ1) is 13.8. The van der Waals surface area contributed by atoms with E-state index in [0.29, 0.717) is 6.61 Å². The Balaban J connectivity index is 1.62. The Morgan fingerprint density at radius 2 is 2.14 bits per heavy atom. The van der Waals surface area contributed by atoms with Crippen LogP contribution in [0.1, 0.15) is 11.9 Å². The fourth-order valence-corrected chi connectivity index (χ4v) is 3.14. The van der Waals surface area contributed by atoms with E-state index in [1.54, 1.807) is 6.26 Å². The molecule has 4 nitrogen and oxygen atoms in total. The number of nitrogens with zero attached hydrogens (tertiary/aromatic N) is 2. The Labute approximate surface area is 136 Å². The number of hydrogen-bond acceptors (Lipinski definition) is 4. The Bertz CT molecular complexity index is 788. The summed E-state index contributed by atoms with van der Waals surface area (Å²) in [5.41, 5.74) is 1.00. The lowest BCUT2D eigenvalue weighted by Gasteiger charge is -2.32. The SMILES string of the molecule is Brc1ccc2nc(N3CCOC(c4ccco4)C3)ccc2c1. The largest absolute Gasteiger partial charge is 0.467 e. The summed E-state index contributed by atoms with van der Waals surface area (Å²) >= 11 is 3.49. The van der Waals surface area contributed by atoms with Crippen LogP contribution in [0.25, 0.3) is 10.9 Å². The Morgan fingerprint density at radius 1 is 1.18 bits per heavy atom. The Kier molecular flexibility index (Phi) is 3.60. The van der Waals surface area contributed by atoms with E-state index in [9.17, 15) is 0 Å². The second-order valence-electron chi connectivity index (χ2n) is 5.33. The second kappa shape index (κ2) is 5.74. The number of anilines is 1. The van der Waals surface area contributed by atoms with Gasteiger partial charge < -0.3 is 14.1 Å². The summed E-state index contributed by atoms with van der Waals surface area (Å²) in [5.74, 6) is 1.85. The molecule has 3 heterocycles. The Hall–Kier alpha value is -1.85. The average molecular weight is 359 g/mol. The van der Waals surface area contributed by atoms with Gasteiger partial charge in [0.1, 0.15) is 17.7 Å². The Morgan fingerprint density at radius 3 is 3.00 bits per heavy atom. The van der Waals surface area contributed by atoms with Gasteiger partial charge in [0.25, 0.3) is 0 Å². The molecular weight excluding hydrogens is 344 g/mol. The predicted octanol–water partition coefficient (Wildman–Crippen LogP) is 4.17. The minimum Gasteiger partial charge on any atom is -0.467 e. The van der Waals surface area contributed by atoms with Gasteiger partial charge in [-0.1, -0.05) is 15.9 Å². The van der Waals surface area contributed by atoms with E-state index in [4.69, 9.17) is 14.1 Å². The first-order chi connectivity index (χ1) is 10.8. The molecule has 0 amide bonds. The molecule has 0 N–H and O–H groups in total. The van der Waals surface area contributed by atoms with E-state index >= 15 is 0 Å². The molecule has 1 saturated heterocycles. The highest BCUT2D eigenvalue weighted by Crippen LogP contribution is 2.27. The lowest BCUT2D eigenvalue weighted by molar-refractivity contribution is 0.0255. The molecule has 1 unspecified atom stereocenters. The van der Waals surface area contributed by atoms with Crippen molar-refractivity contribution in [3.05, 3.63) is 59.0 Å². The molecule has 0 bridgehead atoms. The van der Waals surface area contributed by atoms with Crippen molar-refractivity contribution < 1.29 is 9.15 Å². The standard InChI is InChI=1S/C17H15BrN2O2/c18-13-4-5-14-12(10-13)3-6-17(19-14)20-7-9-22-16(11-20)15-2-1-8-21-15/h1-6,8,10,16H,7,9,11H2. The van der Waals surface area contributed by atoms with E-state index in [0.717, 1.165) is 40.0 Å². The monoisotopic (exact) mass is 358 g/mol. The summed E-state index contributed by atoms with van der Waals surface area (Å²) in [4.78, 5) is 7.02. The van der Waals surface area contributed by atoms with Crippen molar-refractivity contribution >= 4 is 32.7 Å². The topological polar surface area (TPSA) is 38.5 Å². The zero-order chi connectivity index (χ0) is 14.9. The molecule has 3 aromatic rings. The maximum absolute atomic E-state index is 5.81. The molecule has 0 saturated carbocycles. The molecule has 0 spiro atoms. The average Bonchev–Trinajstić information content (AvgIpc) is 3.09. The van der Waals surface area contributed by atoms with Crippen LogP contribution in [0.15, 0.2) is 57.6 Å². The normalized spacial score (nSPS) is 18.8. The van der Waals surface area contributed by atoms with Crippen molar-refractivity contribution in [2.24, 2.45) is 0 Å². The van der Waals surface area contributed by atoms with Crippen LogP contribution < -0.4 is 4.90 Å². The number of furan rings is 1. The summed E-state index contributed by atoms with van der Waals surface area (Å²) in [5, 5.41) is 1.13. The number of hydrogen-bond donors (Lipinski definition) is 0. The number of benzene rings is 1. The zero-order valence-electron chi connectivity index (χ0n) is 11.9. The van der Waals surface area contributed by atoms with Gasteiger partial charge in [-0.3, -0.25) is 0 Å². The van der Waals surface area contributed by atoms with Gasteiger partial charge in [0.2, 0.25) is 0 Å². The molecule has 4 rings (SSSR count). The maximum Gasteiger partial charge on any atom is 0.134 e. The molecule has 5 heteroatoms. The van der Waals surface area contributed by atoms with Gasteiger partial charge in [-0.25, -0.2) is 4.98 Å². The highest BCUT2D eigenvalue weighted by molar-refractivity contribution is 9.10. The van der Waals surface area contributed by atoms with Gasteiger partial charge in [0.15, 0.2) is 0 Å². The molecule has 1 aliphatic heterocycles. The molecule has 112 valence electrons. The fourth-order valence-electron chi connectivity index (χ4n) is 2.77. The number of rotatable bonds is 2. The van der Waals surface area contributed by atoms with E-state index < -0.39 is 0 Å². The van der Waals surface area contributed by atoms with Gasteiger partial charge in [-0.2, -0.15) is 0 Å². The molecule has 0 radical (unpaired) electrons. The number of pyridine rings is 1. The quantitative estimate of drug-likeness (QED) is 0.689. The minimum atomic E-state index is -0.0360. The van der Waals surface area contributed by atoms with E-state index in [2.05, 4.69) is 39.0 Å². The molecule has 22 heavy (non-hydrogen) atoms. The van der Waals surface area contributed by atoms with Crippen LogP contribution in [-0.2, 0) is 4.74 Å². The summed E-state index contributed by atoms with van der Waals surface area (Å²) in [6.07, 6.45) is 1.65. The van der Waals surface area contributed by atoms with Crippen molar-refractivity contribution in [3.63, 3.8) is 0 Å². The number of morpholine rings is 1. The van der Waals surface area contributed by atoms with Crippen LogP contribution in [-0.4, -0.2) is 24.7 Å². The second-order valence-corrected chi connectivity index (χ2v) is 6.24. The molecule has 1 fully saturated rings. The van der Waals surface area contributed by atoms with E-state index in [1.807, 2.05) is 24.3 Å². The fraction of sp³-hybridized carbons (Fsp3) is 0.235. The van der Waals surface area contributed by atoms with Gasteiger partial charge in [0.05, 0.1) is 24.9 Å². The number of ether oxygens (including phenoxy) is 1. The van der Waals surface area contributed by atoms with Crippen molar-refractivity contribution in [2.45, 2.75) is 6.10 Å². The van der Waals surface area contributed by atoms with Crippen molar-refractivity contribution in [1.29, 1.82) is 0 Å². The maximum atomic E-state index is 5.81. The number of halogens is 1. The van der Waals surface area contributed by atoms with Crippen LogP contribution in [0, 0.1) is 0 Å². The lowest BCUT2D eigenvalue weighted by Crippen LogP contribution is -2.38. The van der Waals surface area contributed by atoms with Crippen LogP contribution in [0.4, 0.5) is 5.82 Å². The molecule has 1 atom stereocenters. The lowest BCUT2D eigenvalue weighted by atomic mass is 10.2. The third-order valence-electron chi connectivity index (χ3n) is 3.89. The third kappa shape index (κ3) is 2.62. The molecule has 1 aromatic carbocycles. The molecule has 0 aliphatic carbocycles. The highest BCUT2D eigenvalue weighted by atomic mass is 79.9. The molecular formula is C17H15BrN2O2. The van der Waals surface area contributed by atoms with Crippen LogP contribution in [0.5, 0.6) is 0 Å². The summed E-state index contributed by atoms with van der Waals surface area (Å²) in [6.45, 7) is 2.26.